The Morgan fingerprint density at radius 3 is 1.95 bits per heavy atom. The fraction of sp³-hybridized carbons (Fsp3) is 0.692. The summed E-state index contributed by atoms with van der Waals surface area (Å²) in [4.78, 5) is 8.70. The molecule has 5 nitrogen and oxygen atoms in total. The van der Waals surface area contributed by atoms with Gasteiger partial charge >= 0.3 is 0 Å². The van der Waals surface area contributed by atoms with E-state index in [1.165, 1.54) is 6.26 Å². The highest BCUT2D eigenvalue weighted by Crippen LogP contribution is 2.20. The molecule has 0 bridgehead atoms. The van der Waals surface area contributed by atoms with Crippen molar-refractivity contribution in [2.75, 3.05) is 6.26 Å². The first-order valence-corrected chi connectivity index (χ1v) is 8.34. The van der Waals surface area contributed by atoms with E-state index in [0.29, 0.717) is 18.4 Å². The van der Waals surface area contributed by atoms with Crippen LogP contribution in [0.1, 0.15) is 48.8 Å². The van der Waals surface area contributed by atoms with E-state index >= 15 is 0 Å². The van der Waals surface area contributed by atoms with Gasteiger partial charge in [0.25, 0.3) is 0 Å². The average Bonchev–Trinajstić information content (AvgIpc) is 2.24. The summed E-state index contributed by atoms with van der Waals surface area (Å²) in [6.45, 7) is 10.3. The van der Waals surface area contributed by atoms with E-state index in [9.17, 15) is 8.42 Å². The predicted molar refractivity (Wildman–Crippen MR) is 76.7 cm³/mol. The maximum atomic E-state index is 11.6. The molecule has 1 aromatic heterocycles. The fourth-order valence-electron chi connectivity index (χ4n) is 1.70. The Bertz CT molecular complexity index is 530. The summed E-state index contributed by atoms with van der Waals surface area (Å²) in [6.07, 6.45) is 1.21. The predicted octanol–water partition coefficient (Wildman–Crippen LogP) is 1.70. The van der Waals surface area contributed by atoms with Crippen molar-refractivity contribution in [3.05, 3.63) is 22.8 Å². The zero-order valence-corrected chi connectivity index (χ0v) is 13.3. The molecule has 1 unspecified atom stereocenters. The molecule has 6 heteroatoms. The first kappa shape index (κ1) is 16.0. The smallest absolute Gasteiger partial charge is 0.157 e. The van der Waals surface area contributed by atoms with Gasteiger partial charge in [-0.1, -0.05) is 13.8 Å². The normalized spacial score (nSPS) is 13.8. The Balaban J connectivity index is 3.10. The minimum absolute atomic E-state index is 0.380. The van der Waals surface area contributed by atoms with E-state index in [1.807, 2.05) is 13.8 Å². The van der Waals surface area contributed by atoms with Crippen molar-refractivity contribution >= 4 is 9.84 Å². The molecule has 0 aliphatic heterocycles. The molecule has 1 atom stereocenters. The van der Waals surface area contributed by atoms with Crippen LogP contribution in [-0.2, 0) is 16.4 Å². The molecular formula is C13H23N3O2S. The van der Waals surface area contributed by atoms with Gasteiger partial charge in [-0.3, -0.25) is 0 Å². The van der Waals surface area contributed by atoms with Crippen molar-refractivity contribution in [3.8, 4) is 0 Å². The second-order valence-electron chi connectivity index (χ2n) is 5.24. The summed E-state index contributed by atoms with van der Waals surface area (Å²) in [5, 5.41) is 2.65. The summed E-state index contributed by atoms with van der Waals surface area (Å²) in [5.41, 5.74) is 2.72. The highest BCUT2D eigenvalue weighted by molar-refractivity contribution is 7.90. The van der Waals surface area contributed by atoms with Gasteiger partial charge in [-0.2, -0.15) is 0 Å². The van der Waals surface area contributed by atoms with Crippen LogP contribution in [0.2, 0.25) is 0 Å². The zero-order valence-electron chi connectivity index (χ0n) is 12.5. The van der Waals surface area contributed by atoms with Crippen molar-refractivity contribution in [2.45, 2.75) is 52.5 Å². The van der Waals surface area contributed by atoms with Gasteiger partial charge in [-0.15, -0.1) is 0 Å². The van der Waals surface area contributed by atoms with Crippen LogP contribution in [0.15, 0.2) is 0 Å². The monoisotopic (exact) mass is 285 g/mol. The minimum atomic E-state index is -3.17. The number of aromatic nitrogens is 2. The van der Waals surface area contributed by atoms with Crippen LogP contribution < -0.4 is 5.32 Å². The first-order valence-electron chi connectivity index (χ1n) is 6.39. The maximum absolute atomic E-state index is 11.6. The molecule has 0 fully saturated rings. The lowest BCUT2D eigenvalue weighted by atomic mass is 10.1. The van der Waals surface area contributed by atoms with E-state index in [0.717, 1.165) is 17.0 Å². The van der Waals surface area contributed by atoms with Crippen LogP contribution >= 0.6 is 0 Å². The summed E-state index contributed by atoms with van der Waals surface area (Å²) in [5.74, 6) is 0.380. The van der Waals surface area contributed by atoms with Gasteiger partial charge in [-0.05, 0) is 20.8 Å². The Morgan fingerprint density at radius 2 is 1.58 bits per heavy atom. The molecule has 0 radical (unpaired) electrons. The molecule has 0 spiro atoms. The van der Waals surface area contributed by atoms with Crippen molar-refractivity contribution in [2.24, 2.45) is 0 Å². The number of rotatable bonds is 5. The van der Waals surface area contributed by atoms with E-state index in [4.69, 9.17) is 0 Å². The highest BCUT2D eigenvalue weighted by Gasteiger charge is 2.21. The average molecular weight is 285 g/mol. The maximum Gasteiger partial charge on any atom is 0.157 e. The van der Waals surface area contributed by atoms with E-state index in [2.05, 4.69) is 29.1 Å². The second-order valence-corrected chi connectivity index (χ2v) is 7.60. The molecule has 0 aromatic carbocycles. The standard InChI is InChI=1S/C13H23N3O2S/c1-8(2)14-7-12-9(3)15-13(16-10(12)4)11(5)19(6,17)18/h8,11,14H,7H2,1-6H3. The van der Waals surface area contributed by atoms with Crippen LogP contribution in [0.3, 0.4) is 0 Å². The highest BCUT2D eigenvalue weighted by atomic mass is 32.2. The van der Waals surface area contributed by atoms with Crippen LogP contribution in [0.25, 0.3) is 0 Å². The summed E-state index contributed by atoms with van der Waals surface area (Å²) in [6, 6.07) is 0.383. The van der Waals surface area contributed by atoms with Crippen LogP contribution in [0.5, 0.6) is 0 Å². The Labute approximate surface area is 115 Å². The molecule has 0 saturated carbocycles. The molecule has 108 valence electrons. The number of sulfone groups is 1. The van der Waals surface area contributed by atoms with Crippen molar-refractivity contribution < 1.29 is 8.42 Å². The third-order valence-electron chi connectivity index (χ3n) is 3.13. The third kappa shape index (κ3) is 4.24. The van der Waals surface area contributed by atoms with E-state index in [-0.39, 0.29) is 0 Å². The number of hydrogen-bond donors (Lipinski definition) is 1. The van der Waals surface area contributed by atoms with Gasteiger partial charge in [0, 0.05) is 35.8 Å². The Hall–Kier alpha value is -1.01. The zero-order chi connectivity index (χ0) is 14.8. The van der Waals surface area contributed by atoms with Gasteiger partial charge in [0.2, 0.25) is 0 Å². The van der Waals surface area contributed by atoms with Gasteiger partial charge < -0.3 is 5.32 Å². The minimum Gasteiger partial charge on any atom is -0.310 e. The third-order valence-corrected chi connectivity index (χ3v) is 4.63. The molecule has 0 amide bonds. The second kappa shape index (κ2) is 5.96. The molecule has 19 heavy (non-hydrogen) atoms. The lowest BCUT2D eigenvalue weighted by molar-refractivity contribution is 0.579. The van der Waals surface area contributed by atoms with Crippen molar-refractivity contribution in [3.63, 3.8) is 0 Å². The molecule has 0 aliphatic rings. The van der Waals surface area contributed by atoms with Crippen LogP contribution in [0.4, 0.5) is 0 Å². The van der Waals surface area contributed by atoms with Gasteiger partial charge in [0.15, 0.2) is 9.84 Å². The molecule has 1 heterocycles. The quantitative estimate of drug-likeness (QED) is 0.891. The molecular weight excluding hydrogens is 262 g/mol. The molecule has 0 saturated heterocycles. The lowest BCUT2D eigenvalue weighted by Gasteiger charge is -2.15. The first-order chi connectivity index (χ1) is 8.62. The largest absolute Gasteiger partial charge is 0.310 e. The Morgan fingerprint density at radius 1 is 1.11 bits per heavy atom. The van der Waals surface area contributed by atoms with E-state index < -0.39 is 15.1 Å². The SMILES string of the molecule is Cc1nc(C(C)S(C)(=O)=O)nc(C)c1CNC(C)C. The molecule has 1 N–H and O–H groups in total. The topological polar surface area (TPSA) is 72.0 Å². The summed E-state index contributed by atoms with van der Waals surface area (Å²) >= 11 is 0. The molecule has 1 rings (SSSR count). The van der Waals surface area contributed by atoms with Gasteiger partial charge in [0.05, 0.1) is 0 Å². The number of nitrogens with one attached hydrogen (secondary N) is 1. The van der Waals surface area contributed by atoms with Crippen LogP contribution in [0, 0.1) is 13.8 Å². The summed E-state index contributed by atoms with van der Waals surface area (Å²) < 4.78 is 23.1. The number of hydrogen-bond acceptors (Lipinski definition) is 5. The molecule has 0 aliphatic carbocycles. The summed E-state index contributed by atoms with van der Waals surface area (Å²) in [7, 11) is -3.17. The lowest BCUT2D eigenvalue weighted by Crippen LogP contribution is -2.24. The van der Waals surface area contributed by atoms with Gasteiger partial charge in [-0.25, -0.2) is 18.4 Å². The van der Waals surface area contributed by atoms with Crippen molar-refractivity contribution in [1.82, 2.24) is 15.3 Å². The molecule has 1 aromatic rings. The Kier molecular flexibility index (Phi) is 5.04. The number of aryl methyl sites for hydroxylation is 2. The fourth-order valence-corrected chi connectivity index (χ4v) is 2.19. The number of nitrogens with zero attached hydrogens (tertiary/aromatic N) is 2. The van der Waals surface area contributed by atoms with E-state index in [1.54, 1.807) is 6.92 Å². The van der Waals surface area contributed by atoms with Gasteiger partial charge in [0.1, 0.15) is 11.1 Å². The van der Waals surface area contributed by atoms with Crippen LogP contribution in [-0.4, -0.2) is 30.7 Å². The van der Waals surface area contributed by atoms with Crippen molar-refractivity contribution in [1.29, 1.82) is 0 Å².